The number of rotatable bonds is 0. The van der Waals surface area contributed by atoms with Gasteiger partial charge in [0.25, 0.3) is 0 Å². The van der Waals surface area contributed by atoms with Crippen LogP contribution in [-0.2, 0) is 0 Å². The van der Waals surface area contributed by atoms with Crippen molar-refractivity contribution in [3.8, 4) is 0 Å². The molecule has 0 N–H and O–H groups in total. The van der Waals surface area contributed by atoms with Gasteiger partial charge < -0.3 is 4.90 Å². The van der Waals surface area contributed by atoms with Gasteiger partial charge >= 0.3 is 0 Å². The van der Waals surface area contributed by atoms with E-state index in [9.17, 15) is 4.79 Å². The molecule has 2 heterocycles. The molecule has 0 aliphatic carbocycles. The number of Topliss-reactive ketones (excluding diaryl/α,β-unsaturated/α-hetero) is 1. The summed E-state index contributed by atoms with van der Waals surface area (Å²) in [4.78, 5) is 15.8. The number of likely N-dealkylation sites (tertiary alicyclic amines) is 1. The number of nitrogens with zero attached hydrogens (tertiary/aromatic N) is 1. The van der Waals surface area contributed by atoms with Gasteiger partial charge in [-0.15, -0.1) is 11.8 Å². The summed E-state index contributed by atoms with van der Waals surface area (Å²) in [5, 5.41) is 0.459. The third kappa shape index (κ3) is 1.59. The summed E-state index contributed by atoms with van der Waals surface area (Å²) in [5.41, 5.74) is 0.943. The molecule has 0 saturated carbocycles. The van der Waals surface area contributed by atoms with Crippen LogP contribution in [0.25, 0.3) is 0 Å². The standard InChI is InChI=1S/C13H15NOS/c1-14-7-6-10-12(8-14)16-11-5-3-2-4-9(11)13(10)15/h2-5,10,12H,6-8H2,1H3. The first-order valence-electron chi connectivity index (χ1n) is 5.74. The van der Waals surface area contributed by atoms with E-state index in [0.29, 0.717) is 11.0 Å². The molecule has 16 heavy (non-hydrogen) atoms. The zero-order valence-corrected chi connectivity index (χ0v) is 10.2. The number of hydrogen-bond acceptors (Lipinski definition) is 3. The van der Waals surface area contributed by atoms with Crippen LogP contribution in [0, 0.1) is 5.92 Å². The molecule has 2 nitrogen and oxygen atoms in total. The average Bonchev–Trinajstić information content (AvgIpc) is 2.29. The van der Waals surface area contributed by atoms with Crippen LogP contribution in [0.3, 0.4) is 0 Å². The molecule has 1 aromatic rings. The van der Waals surface area contributed by atoms with Crippen LogP contribution in [0.5, 0.6) is 0 Å². The molecule has 2 atom stereocenters. The fourth-order valence-corrected chi connectivity index (χ4v) is 4.16. The molecular formula is C13H15NOS. The highest BCUT2D eigenvalue weighted by Crippen LogP contribution is 2.41. The Balaban J connectivity index is 1.97. The van der Waals surface area contributed by atoms with Crippen LogP contribution in [-0.4, -0.2) is 36.1 Å². The van der Waals surface area contributed by atoms with Crippen LogP contribution in [0.1, 0.15) is 16.8 Å². The van der Waals surface area contributed by atoms with Gasteiger partial charge in [0.2, 0.25) is 0 Å². The summed E-state index contributed by atoms with van der Waals surface area (Å²) in [6.07, 6.45) is 1.02. The smallest absolute Gasteiger partial charge is 0.168 e. The molecule has 2 unspecified atom stereocenters. The Hall–Kier alpha value is -0.800. The molecule has 3 heteroatoms. The summed E-state index contributed by atoms with van der Waals surface area (Å²) in [7, 11) is 2.14. The summed E-state index contributed by atoms with van der Waals surface area (Å²) in [6.45, 7) is 2.09. The first kappa shape index (κ1) is 10.4. The van der Waals surface area contributed by atoms with Crippen LogP contribution in [0.4, 0.5) is 0 Å². The zero-order chi connectivity index (χ0) is 11.1. The van der Waals surface area contributed by atoms with E-state index in [-0.39, 0.29) is 5.92 Å². The lowest BCUT2D eigenvalue weighted by Crippen LogP contribution is -2.45. The number of benzene rings is 1. The lowest BCUT2D eigenvalue weighted by atomic mass is 9.88. The van der Waals surface area contributed by atoms with E-state index >= 15 is 0 Å². The van der Waals surface area contributed by atoms with Gasteiger partial charge in [-0.25, -0.2) is 0 Å². The van der Waals surface area contributed by atoms with Crippen molar-refractivity contribution in [3.63, 3.8) is 0 Å². The second-order valence-corrected chi connectivity index (χ2v) is 5.96. The van der Waals surface area contributed by atoms with Gasteiger partial charge in [-0.1, -0.05) is 18.2 Å². The molecule has 84 valence electrons. The van der Waals surface area contributed by atoms with Crippen molar-refractivity contribution in [2.45, 2.75) is 16.6 Å². The molecule has 3 rings (SSSR count). The quantitative estimate of drug-likeness (QED) is 0.686. The van der Waals surface area contributed by atoms with Gasteiger partial charge in [-0.3, -0.25) is 4.79 Å². The molecule has 0 spiro atoms. The summed E-state index contributed by atoms with van der Waals surface area (Å²) >= 11 is 1.89. The van der Waals surface area contributed by atoms with Crippen LogP contribution in [0.15, 0.2) is 29.2 Å². The predicted octanol–water partition coefficient (Wildman–Crippen LogP) is 2.30. The number of thioether (sulfide) groups is 1. The highest BCUT2D eigenvalue weighted by atomic mass is 32.2. The summed E-state index contributed by atoms with van der Waals surface area (Å²) in [5.74, 6) is 0.614. The number of fused-ring (bicyclic) bond motifs is 2. The molecule has 0 amide bonds. The Labute approximate surface area is 100 Å². The minimum Gasteiger partial charge on any atom is -0.305 e. The van der Waals surface area contributed by atoms with Crippen molar-refractivity contribution in [2.24, 2.45) is 5.92 Å². The monoisotopic (exact) mass is 233 g/mol. The van der Waals surface area contributed by atoms with E-state index in [1.807, 2.05) is 30.0 Å². The largest absolute Gasteiger partial charge is 0.305 e. The van der Waals surface area contributed by atoms with Crippen LogP contribution in [0.2, 0.25) is 0 Å². The lowest BCUT2D eigenvalue weighted by molar-refractivity contribution is 0.0856. The van der Waals surface area contributed by atoms with Crippen molar-refractivity contribution >= 4 is 17.5 Å². The Morgan fingerprint density at radius 2 is 2.19 bits per heavy atom. The third-order valence-corrected chi connectivity index (χ3v) is 4.92. The predicted molar refractivity (Wildman–Crippen MR) is 66.0 cm³/mol. The number of piperidine rings is 1. The van der Waals surface area contributed by atoms with E-state index in [1.165, 1.54) is 4.90 Å². The normalized spacial score (nSPS) is 29.7. The number of hydrogen-bond donors (Lipinski definition) is 0. The van der Waals surface area contributed by atoms with Crippen molar-refractivity contribution in [1.82, 2.24) is 4.90 Å². The molecule has 1 saturated heterocycles. The minimum absolute atomic E-state index is 0.246. The third-order valence-electron chi connectivity index (χ3n) is 3.53. The van der Waals surface area contributed by atoms with E-state index in [0.717, 1.165) is 25.1 Å². The fraction of sp³-hybridized carbons (Fsp3) is 0.462. The number of ketones is 1. The first-order chi connectivity index (χ1) is 7.75. The summed E-state index contributed by atoms with van der Waals surface area (Å²) in [6, 6.07) is 8.03. The Kier molecular flexibility index (Phi) is 2.52. The lowest BCUT2D eigenvalue weighted by Gasteiger charge is -2.38. The molecule has 2 aliphatic rings. The summed E-state index contributed by atoms with van der Waals surface area (Å²) < 4.78 is 0. The second kappa shape index (κ2) is 3.90. The van der Waals surface area contributed by atoms with Crippen LogP contribution < -0.4 is 0 Å². The molecular weight excluding hydrogens is 218 g/mol. The fourth-order valence-electron chi connectivity index (χ4n) is 2.63. The first-order valence-corrected chi connectivity index (χ1v) is 6.62. The molecule has 1 aromatic carbocycles. The molecule has 0 aromatic heterocycles. The highest BCUT2D eigenvalue weighted by Gasteiger charge is 2.38. The Morgan fingerprint density at radius 1 is 1.38 bits per heavy atom. The van der Waals surface area contributed by atoms with Gasteiger partial charge in [-0.05, 0) is 26.1 Å². The maximum atomic E-state index is 12.3. The zero-order valence-electron chi connectivity index (χ0n) is 9.35. The van der Waals surface area contributed by atoms with Gasteiger partial charge in [0.05, 0.1) is 0 Å². The Morgan fingerprint density at radius 3 is 3.06 bits per heavy atom. The van der Waals surface area contributed by atoms with Crippen molar-refractivity contribution in [3.05, 3.63) is 29.8 Å². The van der Waals surface area contributed by atoms with Gasteiger partial charge in [-0.2, -0.15) is 0 Å². The minimum atomic E-state index is 0.246. The number of carbonyl (C=O) groups excluding carboxylic acids is 1. The number of carbonyl (C=O) groups is 1. The van der Waals surface area contributed by atoms with Crippen molar-refractivity contribution in [2.75, 3.05) is 20.1 Å². The molecule has 0 radical (unpaired) electrons. The van der Waals surface area contributed by atoms with E-state index < -0.39 is 0 Å². The molecule has 1 fully saturated rings. The van der Waals surface area contributed by atoms with E-state index in [1.54, 1.807) is 0 Å². The van der Waals surface area contributed by atoms with Gasteiger partial charge in [0.1, 0.15) is 0 Å². The SMILES string of the molecule is CN1CCC2C(=O)c3ccccc3SC2C1. The molecule has 0 bridgehead atoms. The average molecular weight is 233 g/mol. The van der Waals surface area contributed by atoms with Gasteiger partial charge in [0, 0.05) is 28.2 Å². The molecule has 2 aliphatic heterocycles. The van der Waals surface area contributed by atoms with E-state index in [2.05, 4.69) is 18.0 Å². The van der Waals surface area contributed by atoms with Gasteiger partial charge in [0.15, 0.2) is 5.78 Å². The second-order valence-electron chi connectivity index (χ2n) is 4.67. The maximum absolute atomic E-state index is 12.3. The Bertz CT molecular complexity index is 432. The maximum Gasteiger partial charge on any atom is 0.168 e. The van der Waals surface area contributed by atoms with E-state index in [4.69, 9.17) is 0 Å². The van der Waals surface area contributed by atoms with Crippen LogP contribution >= 0.6 is 11.8 Å². The van der Waals surface area contributed by atoms with Crippen molar-refractivity contribution < 1.29 is 4.79 Å². The highest BCUT2D eigenvalue weighted by molar-refractivity contribution is 8.00. The topological polar surface area (TPSA) is 20.3 Å². The van der Waals surface area contributed by atoms with Crippen molar-refractivity contribution in [1.29, 1.82) is 0 Å².